The van der Waals surface area contributed by atoms with Gasteiger partial charge in [0.1, 0.15) is 11.9 Å². The van der Waals surface area contributed by atoms with Crippen molar-refractivity contribution in [3.63, 3.8) is 0 Å². The minimum Gasteiger partial charge on any atom is -0.490 e. The molecule has 29 heavy (non-hydrogen) atoms. The lowest BCUT2D eigenvalue weighted by molar-refractivity contribution is 0.0629. The molecule has 11 heteroatoms. The fraction of sp³-hybridized carbons (Fsp3) is 0.500. The Bertz CT molecular complexity index is 930. The number of sulfonamides is 1. The highest BCUT2D eigenvalue weighted by molar-refractivity contribution is 7.89. The first-order valence-corrected chi connectivity index (χ1v) is 11.5. The number of hydrogen-bond acceptors (Lipinski definition) is 6. The van der Waals surface area contributed by atoms with Crippen LogP contribution >= 0.6 is 23.2 Å². The molecule has 0 spiro atoms. The van der Waals surface area contributed by atoms with Gasteiger partial charge in [-0.05, 0) is 25.0 Å². The Morgan fingerprint density at radius 3 is 2.66 bits per heavy atom. The van der Waals surface area contributed by atoms with Crippen molar-refractivity contribution in [2.45, 2.75) is 30.2 Å². The minimum atomic E-state index is -3.75. The van der Waals surface area contributed by atoms with Crippen LogP contribution < -0.4 is 9.46 Å². The summed E-state index contributed by atoms with van der Waals surface area (Å²) in [7, 11) is -2.15. The van der Waals surface area contributed by atoms with Gasteiger partial charge >= 0.3 is 0 Å². The number of piperidine rings is 1. The summed E-state index contributed by atoms with van der Waals surface area (Å²) in [6.07, 6.45) is 3.79. The molecule has 1 aromatic heterocycles. The maximum Gasteiger partial charge on any atom is 0.274 e. The molecule has 0 aliphatic carbocycles. The van der Waals surface area contributed by atoms with Gasteiger partial charge in [0.25, 0.3) is 10.0 Å². The average molecular weight is 463 g/mol. The Balaban J connectivity index is 1.42. The molecule has 1 fully saturated rings. The molecule has 2 aromatic rings. The number of ether oxygens (including phenoxy) is 1. The van der Waals surface area contributed by atoms with Gasteiger partial charge in [0, 0.05) is 51.7 Å². The number of benzene rings is 1. The zero-order chi connectivity index (χ0) is 21.0. The van der Waals surface area contributed by atoms with Crippen molar-refractivity contribution in [2.24, 2.45) is 7.05 Å². The monoisotopic (exact) mass is 462 g/mol. The number of halogens is 2. The molecule has 1 saturated heterocycles. The standard InChI is InChI=1S/C18H24Cl2N4O4S/c1-23-9-6-21-18(23)29(26,27)22-11-13(25)12-24-7-4-14(5-8-24)28-15-2-3-16(19)17(20)10-15/h2-3,6,9-10,13-14,22,25H,4-5,7-8,11-12H2,1H3/t13-/m0/s1. The van der Waals surface area contributed by atoms with E-state index in [4.69, 9.17) is 27.9 Å². The largest absolute Gasteiger partial charge is 0.490 e. The number of rotatable bonds is 8. The van der Waals surface area contributed by atoms with E-state index in [2.05, 4.69) is 14.6 Å². The molecule has 0 amide bonds. The molecule has 1 aliphatic rings. The number of aryl methyl sites for hydroxylation is 1. The molecule has 0 unspecified atom stereocenters. The number of β-amino-alcohol motifs (C(OH)–C–C–N with tert-alkyl or cyclic N) is 1. The van der Waals surface area contributed by atoms with Crippen LogP contribution in [0.25, 0.3) is 0 Å². The summed E-state index contributed by atoms with van der Waals surface area (Å²) in [4.78, 5) is 5.92. The number of likely N-dealkylation sites (tertiary alicyclic amines) is 1. The van der Waals surface area contributed by atoms with Crippen molar-refractivity contribution in [3.05, 3.63) is 40.6 Å². The number of hydrogen-bond donors (Lipinski definition) is 2. The highest BCUT2D eigenvalue weighted by Crippen LogP contribution is 2.28. The molecule has 3 rings (SSSR count). The summed E-state index contributed by atoms with van der Waals surface area (Å²) >= 11 is 11.9. The number of aromatic nitrogens is 2. The smallest absolute Gasteiger partial charge is 0.274 e. The Morgan fingerprint density at radius 1 is 1.31 bits per heavy atom. The number of nitrogens with zero attached hydrogens (tertiary/aromatic N) is 3. The van der Waals surface area contributed by atoms with E-state index >= 15 is 0 Å². The van der Waals surface area contributed by atoms with Gasteiger partial charge in [-0.3, -0.25) is 0 Å². The van der Waals surface area contributed by atoms with E-state index in [9.17, 15) is 13.5 Å². The zero-order valence-electron chi connectivity index (χ0n) is 16.0. The van der Waals surface area contributed by atoms with Crippen LogP contribution in [0.5, 0.6) is 5.75 Å². The fourth-order valence-electron chi connectivity index (χ4n) is 3.20. The second kappa shape index (κ2) is 9.63. The summed E-state index contributed by atoms with van der Waals surface area (Å²) in [5.74, 6) is 0.682. The maximum atomic E-state index is 12.2. The third-order valence-corrected chi connectivity index (χ3v) is 6.88. The Hall–Kier alpha value is -1.36. The first-order chi connectivity index (χ1) is 13.7. The predicted molar refractivity (Wildman–Crippen MR) is 111 cm³/mol. The lowest BCUT2D eigenvalue weighted by Crippen LogP contribution is -2.45. The van der Waals surface area contributed by atoms with Crippen molar-refractivity contribution in [1.29, 1.82) is 0 Å². The van der Waals surface area contributed by atoms with E-state index in [-0.39, 0.29) is 17.8 Å². The van der Waals surface area contributed by atoms with Gasteiger partial charge in [0.15, 0.2) is 0 Å². The van der Waals surface area contributed by atoms with Crippen molar-refractivity contribution < 1.29 is 18.3 Å². The Labute approximate surface area is 180 Å². The molecule has 0 bridgehead atoms. The highest BCUT2D eigenvalue weighted by Gasteiger charge is 2.24. The number of imidazole rings is 1. The van der Waals surface area contributed by atoms with E-state index in [0.717, 1.165) is 25.9 Å². The second-order valence-electron chi connectivity index (χ2n) is 7.02. The summed E-state index contributed by atoms with van der Waals surface area (Å²) in [5.41, 5.74) is 0. The topological polar surface area (TPSA) is 96.7 Å². The number of aliphatic hydroxyl groups is 1. The molecule has 0 radical (unpaired) electrons. The quantitative estimate of drug-likeness (QED) is 0.621. The summed E-state index contributed by atoms with van der Waals surface area (Å²) in [6.45, 7) is 1.79. The summed E-state index contributed by atoms with van der Waals surface area (Å²) < 4.78 is 34.2. The van der Waals surface area contributed by atoms with Gasteiger partial charge in [-0.25, -0.2) is 18.1 Å². The molecule has 1 atom stereocenters. The van der Waals surface area contributed by atoms with E-state index in [1.165, 1.54) is 10.8 Å². The van der Waals surface area contributed by atoms with Crippen molar-refractivity contribution >= 4 is 33.2 Å². The lowest BCUT2D eigenvalue weighted by atomic mass is 10.1. The molecule has 1 aromatic carbocycles. The van der Waals surface area contributed by atoms with Crippen LogP contribution in [-0.4, -0.2) is 66.4 Å². The van der Waals surface area contributed by atoms with Crippen LogP contribution in [0, 0.1) is 0 Å². The van der Waals surface area contributed by atoms with Crippen LogP contribution in [0.2, 0.25) is 10.0 Å². The third-order valence-electron chi connectivity index (χ3n) is 4.72. The van der Waals surface area contributed by atoms with Crippen LogP contribution in [-0.2, 0) is 17.1 Å². The van der Waals surface area contributed by atoms with E-state index in [0.29, 0.717) is 22.3 Å². The molecule has 1 aliphatic heterocycles. The highest BCUT2D eigenvalue weighted by atomic mass is 35.5. The molecule has 160 valence electrons. The van der Waals surface area contributed by atoms with Crippen LogP contribution in [0.3, 0.4) is 0 Å². The second-order valence-corrected chi connectivity index (χ2v) is 9.50. The van der Waals surface area contributed by atoms with E-state index < -0.39 is 16.1 Å². The molecule has 2 heterocycles. The zero-order valence-corrected chi connectivity index (χ0v) is 18.3. The van der Waals surface area contributed by atoms with E-state index in [1.54, 1.807) is 31.4 Å². The fourth-order valence-corrected chi connectivity index (χ4v) is 4.66. The Morgan fingerprint density at radius 2 is 2.03 bits per heavy atom. The molecule has 8 nitrogen and oxygen atoms in total. The van der Waals surface area contributed by atoms with Gasteiger partial charge in [-0.1, -0.05) is 23.2 Å². The van der Waals surface area contributed by atoms with Crippen molar-refractivity contribution in [1.82, 2.24) is 19.2 Å². The van der Waals surface area contributed by atoms with Crippen LogP contribution in [0.15, 0.2) is 35.7 Å². The number of nitrogens with one attached hydrogen (secondary N) is 1. The van der Waals surface area contributed by atoms with Gasteiger partial charge in [0.2, 0.25) is 5.16 Å². The Kier molecular flexibility index (Phi) is 7.42. The minimum absolute atomic E-state index is 0.0579. The average Bonchev–Trinajstić information content (AvgIpc) is 3.12. The first kappa shape index (κ1) is 22.3. The van der Waals surface area contributed by atoms with Crippen molar-refractivity contribution in [2.75, 3.05) is 26.2 Å². The summed E-state index contributed by atoms with van der Waals surface area (Å²) in [5, 5.41) is 11.1. The molecular formula is C18H24Cl2N4O4S. The molecular weight excluding hydrogens is 439 g/mol. The van der Waals surface area contributed by atoms with Gasteiger partial charge in [-0.2, -0.15) is 0 Å². The van der Waals surface area contributed by atoms with Crippen LogP contribution in [0.1, 0.15) is 12.8 Å². The lowest BCUT2D eigenvalue weighted by Gasteiger charge is -2.33. The maximum absolute atomic E-state index is 12.2. The molecule has 2 N–H and O–H groups in total. The van der Waals surface area contributed by atoms with Crippen LogP contribution in [0.4, 0.5) is 0 Å². The first-order valence-electron chi connectivity index (χ1n) is 9.23. The number of aliphatic hydroxyl groups excluding tert-OH is 1. The normalized spacial score (nSPS) is 17.4. The summed E-state index contributed by atoms with van der Waals surface area (Å²) in [6, 6.07) is 5.20. The van der Waals surface area contributed by atoms with Gasteiger partial charge < -0.3 is 19.3 Å². The van der Waals surface area contributed by atoms with Crippen molar-refractivity contribution in [3.8, 4) is 5.75 Å². The van der Waals surface area contributed by atoms with Gasteiger partial charge in [0.05, 0.1) is 16.1 Å². The van der Waals surface area contributed by atoms with E-state index in [1.807, 2.05) is 0 Å². The third kappa shape index (κ3) is 6.07. The molecule has 0 saturated carbocycles. The van der Waals surface area contributed by atoms with Gasteiger partial charge in [-0.15, -0.1) is 0 Å². The predicted octanol–water partition coefficient (Wildman–Crippen LogP) is 1.91. The SMILES string of the molecule is Cn1ccnc1S(=O)(=O)NC[C@H](O)CN1CCC(Oc2ccc(Cl)c(Cl)c2)CC1.